The molecule has 2 aromatic heterocycles. The predicted molar refractivity (Wildman–Crippen MR) is 63.3 cm³/mol. The standard InChI is InChI=1S/C12H16N4O/c1-2-5-10(14-7-3-1)12-15-11(16-17-12)9-6-4-8-13-9/h4,6,8,10,13-14H,1-3,5,7H2. The van der Waals surface area contributed by atoms with E-state index in [1.807, 2.05) is 18.3 Å². The molecule has 1 aliphatic rings. The normalized spacial score (nSPS) is 21.3. The van der Waals surface area contributed by atoms with Crippen LogP contribution in [0.1, 0.15) is 37.6 Å². The van der Waals surface area contributed by atoms with Crippen molar-refractivity contribution in [2.45, 2.75) is 31.7 Å². The molecule has 0 radical (unpaired) electrons. The van der Waals surface area contributed by atoms with Gasteiger partial charge in [-0.25, -0.2) is 0 Å². The quantitative estimate of drug-likeness (QED) is 0.833. The number of rotatable bonds is 2. The molecule has 0 bridgehead atoms. The zero-order chi connectivity index (χ0) is 11.5. The minimum absolute atomic E-state index is 0.216. The van der Waals surface area contributed by atoms with E-state index in [4.69, 9.17) is 4.52 Å². The van der Waals surface area contributed by atoms with Crippen LogP contribution in [0.2, 0.25) is 0 Å². The summed E-state index contributed by atoms with van der Waals surface area (Å²) in [4.78, 5) is 7.52. The van der Waals surface area contributed by atoms with Gasteiger partial charge in [0.15, 0.2) is 0 Å². The molecule has 0 aromatic carbocycles. The van der Waals surface area contributed by atoms with Crippen LogP contribution in [0.15, 0.2) is 22.9 Å². The molecule has 2 aromatic rings. The summed E-state index contributed by atoms with van der Waals surface area (Å²) in [5.74, 6) is 1.34. The smallest absolute Gasteiger partial charge is 0.244 e. The molecule has 1 aliphatic heterocycles. The second kappa shape index (κ2) is 4.71. The first-order valence-electron chi connectivity index (χ1n) is 6.14. The van der Waals surface area contributed by atoms with Crippen molar-refractivity contribution in [3.63, 3.8) is 0 Å². The van der Waals surface area contributed by atoms with Crippen molar-refractivity contribution < 1.29 is 4.52 Å². The van der Waals surface area contributed by atoms with Gasteiger partial charge in [0.2, 0.25) is 11.7 Å². The fourth-order valence-electron chi connectivity index (χ4n) is 2.19. The number of hydrogen-bond donors (Lipinski definition) is 2. The lowest BCUT2D eigenvalue weighted by atomic mass is 10.1. The third kappa shape index (κ3) is 2.24. The van der Waals surface area contributed by atoms with Gasteiger partial charge in [0.25, 0.3) is 0 Å². The van der Waals surface area contributed by atoms with E-state index in [9.17, 15) is 0 Å². The summed E-state index contributed by atoms with van der Waals surface area (Å²) < 4.78 is 5.34. The molecule has 90 valence electrons. The first-order valence-corrected chi connectivity index (χ1v) is 6.14. The van der Waals surface area contributed by atoms with Crippen molar-refractivity contribution in [1.82, 2.24) is 20.4 Å². The van der Waals surface area contributed by atoms with Gasteiger partial charge in [0, 0.05) is 6.20 Å². The number of H-pyrrole nitrogens is 1. The second-order valence-electron chi connectivity index (χ2n) is 4.40. The molecular formula is C12H16N4O. The van der Waals surface area contributed by atoms with E-state index >= 15 is 0 Å². The largest absolute Gasteiger partial charge is 0.359 e. The molecule has 3 rings (SSSR count). The van der Waals surface area contributed by atoms with Crippen LogP contribution in [-0.4, -0.2) is 21.7 Å². The summed E-state index contributed by atoms with van der Waals surface area (Å²) in [5.41, 5.74) is 0.897. The van der Waals surface area contributed by atoms with Gasteiger partial charge in [-0.05, 0) is 31.5 Å². The van der Waals surface area contributed by atoms with Gasteiger partial charge < -0.3 is 14.8 Å². The van der Waals surface area contributed by atoms with Gasteiger partial charge in [-0.15, -0.1) is 0 Å². The van der Waals surface area contributed by atoms with Gasteiger partial charge in [-0.3, -0.25) is 0 Å². The molecule has 1 unspecified atom stereocenters. The van der Waals surface area contributed by atoms with Crippen molar-refractivity contribution in [3.8, 4) is 11.5 Å². The molecule has 0 aliphatic carbocycles. The van der Waals surface area contributed by atoms with Gasteiger partial charge >= 0.3 is 0 Å². The van der Waals surface area contributed by atoms with Gasteiger partial charge in [0.05, 0.1) is 11.7 Å². The molecular weight excluding hydrogens is 216 g/mol. The fourth-order valence-corrected chi connectivity index (χ4v) is 2.19. The Morgan fingerprint density at radius 3 is 3.18 bits per heavy atom. The molecule has 0 saturated carbocycles. The Kier molecular flexibility index (Phi) is 2.92. The SMILES string of the molecule is c1c[nH]c(-c2noc(C3CCCCCN3)n2)c1. The molecule has 1 fully saturated rings. The van der Waals surface area contributed by atoms with Crippen LogP contribution >= 0.6 is 0 Å². The number of aromatic nitrogens is 3. The number of nitrogens with one attached hydrogen (secondary N) is 2. The van der Waals surface area contributed by atoms with Gasteiger partial charge in [0.1, 0.15) is 0 Å². The van der Waals surface area contributed by atoms with Crippen LogP contribution in [0.5, 0.6) is 0 Å². The molecule has 5 heteroatoms. The lowest BCUT2D eigenvalue weighted by Crippen LogP contribution is -2.20. The summed E-state index contributed by atoms with van der Waals surface area (Å²) in [6.45, 7) is 1.03. The summed E-state index contributed by atoms with van der Waals surface area (Å²) in [5, 5.41) is 7.46. The molecule has 0 spiro atoms. The number of aromatic amines is 1. The molecule has 17 heavy (non-hydrogen) atoms. The number of nitrogens with zero attached hydrogens (tertiary/aromatic N) is 2. The maximum Gasteiger partial charge on any atom is 0.244 e. The maximum atomic E-state index is 5.34. The highest BCUT2D eigenvalue weighted by Gasteiger charge is 2.20. The summed E-state index contributed by atoms with van der Waals surface area (Å²) in [7, 11) is 0. The Balaban J connectivity index is 1.79. The Morgan fingerprint density at radius 1 is 1.29 bits per heavy atom. The lowest BCUT2D eigenvalue weighted by molar-refractivity contribution is 0.327. The van der Waals surface area contributed by atoms with E-state index in [0.29, 0.717) is 11.7 Å². The van der Waals surface area contributed by atoms with E-state index in [0.717, 1.165) is 18.7 Å². The summed E-state index contributed by atoms with van der Waals surface area (Å²) in [6.07, 6.45) is 6.66. The third-order valence-electron chi connectivity index (χ3n) is 3.14. The molecule has 2 N–H and O–H groups in total. The molecule has 5 nitrogen and oxygen atoms in total. The second-order valence-corrected chi connectivity index (χ2v) is 4.40. The number of hydrogen-bond acceptors (Lipinski definition) is 4. The maximum absolute atomic E-state index is 5.34. The average molecular weight is 232 g/mol. The van der Waals surface area contributed by atoms with Crippen molar-refractivity contribution in [3.05, 3.63) is 24.2 Å². The van der Waals surface area contributed by atoms with E-state index in [1.165, 1.54) is 19.3 Å². The molecule has 0 amide bonds. The highest BCUT2D eigenvalue weighted by atomic mass is 16.5. The molecule has 1 atom stereocenters. The minimum Gasteiger partial charge on any atom is -0.359 e. The van der Waals surface area contributed by atoms with Crippen LogP contribution < -0.4 is 5.32 Å². The summed E-state index contributed by atoms with van der Waals surface area (Å²) >= 11 is 0. The van der Waals surface area contributed by atoms with E-state index in [1.54, 1.807) is 0 Å². The Morgan fingerprint density at radius 2 is 2.29 bits per heavy atom. The van der Waals surface area contributed by atoms with Gasteiger partial charge in [-0.1, -0.05) is 18.0 Å². The van der Waals surface area contributed by atoms with Crippen LogP contribution in [0.25, 0.3) is 11.5 Å². The van der Waals surface area contributed by atoms with E-state index in [-0.39, 0.29) is 6.04 Å². The lowest BCUT2D eigenvalue weighted by Gasteiger charge is -2.09. The first kappa shape index (κ1) is 10.5. The zero-order valence-electron chi connectivity index (χ0n) is 9.65. The monoisotopic (exact) mass is 232 g/mol. The van der Waals surface area contributed by atoms with E-state index in [2.05, 4.69) is 20.4 Å². The van der Waals surface area contributed by atoms with Crippen molar-refractivity contribution in [1.29, 1.82) is 0 Å². The Labute approximate surface area is 99.6 Å². The van der Waals surface area contributed by atoms with Crippen LogP contribution in [0, 0.1) is 0 Å². The highest BCUT2D eigenvalue weighted by Crippen LogP contribution is 2.23. The average Bonchev–Trinajstić information content (AvgIpc) is 2.95. The molecule has 3 heterocycles. The highest BCUT2D eigenvalue weighted by molar-refractivity contribution is 5.47. The Bertz CT molecular complexity index is 455. The van der Waals surface area contributed by atoms with Crippen molar-refractivity contribution in [2.75, 3.05) is 6.54 Å². The predicted octanol–water partition coefficient (Wildman–Crippen LogP) is 2.27. The van der Waals surface area contributed by atoms with Crippen LogP contribution in [0.4, 0.5) is 0 Å². The third-order valence-corrected chi connectivity index (χ3v) is 3.14. The van der Waals surface area contributed by atoms with Crippen LogP contribution in [0.3, 0.4) is 0 Å². The summed E-state index contributed by atoms with van der Waals surface area (Å²) in [6, 6.07) is 4.08. The minimum atomic E-state index is 0.216. The fraction of sp³-hybridized carbons (Fsp3) is 0.500. The van der Waals surface area contributed by atoms with Crippen molar-refractivity contribution in [2.24, 2.45) is 0 Å². The zero-order valence-corrected chi connectivity index (χ0v) is 9.65. The topological polar surface area (TPSA) is 66.7 Å². The molecule has 1 saturated heterocycles. The van der Waals surface area contributed by atoms with Crippen molar-refractivity contribution >= 4 is 0 Å². The van der Waals surface area contributed by atoms with Gasteiger partial charge in [-0.2, -0.15) is 4.98 Å². The van der Waals surface area contributed by atoms with E-state index < -0.39 is 0 Å². The van der Waals surface area contributed by atoms with Crippen LogP contribution in [-0.2, 0) is 0 Å². The first-order chi connectivity index (χ1) is 8.43. The Hall–Kier alpha value is -1.62.